The quantitative estimate of drug-likeness (QED) is 0.618. The maximum atomic E-state index is 5.88. The molecule has 0 amide bonds. The van der Waals surface area contributed by atoms with Crippen LogP contribution in [0.5, 0.6) is 0 Å². The molecule has 0 unspecified atom stereocenters. The average molecular weight is 395 g/mol. The number of piperazine rings is 1. The monoisotopic (exact) mass is 394 g/mol. The van der Waals surface area contributed by atoms with Crippen molar-refractivity contribution in [1.82, 2.24) is 20.0 Å². The van der Waals surface area contributed by atoms with Gasteiger partial charge in [0.25, 0.3) is 5.89 Å². The van der Waals surface area contributed by atoms with Crippen molar-refractivity contribution in [2.75, 3.05) is 26.2 Å². The van der Waals surface area contributed by atoms with Gasteiger partial charge >= 0.3 is 0 Å². The second-order valence-electron chi connectivity index (χ2n) is 8.28. The van der Waals surface area contributed by atoms with Gasteiger partial charge in [0, 0.05) is 32.7 Å². The van der Waals surface area contributed by atoms with Gasteiger partial charge in [-0.3, -0.25) is 9.80 Å². The first-order valence-electron chi connectivity index (χ1n) is 10.4. The summed E-state index contributed by atoms with van der Waals surface area (Å²) in [7, 11) is 0. The van der Waals surface area contributed by atoms with Crippen molar-refractivity contribution in [3.05, 3.63) is 58.9 Å². The summed E-state index contributed by atoms with van der Waals surface area (Å²) in [4.78, 5) is 4.89. The van der Waals surface area contributed by atoms with E-state index in [-0.39, 0.29) is 0 Å². The normalized spacial score (nSPS) is 16.0. The summed E-state index contributed by atoms with van der Waals surface area (Å²) in [5, 5.41) is 8.44. The van der Waals surface area contributed by atoms with Crippen LogP contribution >= 0.6 is 0 Å². The Hall–Kier alpha value is -2.44. The van der Waals surface area contributed by atoms with Crippen LogP contribution in [-0.2, 0) is 13.1 Å². The zero-order chi connectivity index (χ0) is 20.4. The number of nitrogens with zero attached hydrogens (tertiary/aromatic N) is 4. The molecule has 1 aromatic carbocycles. The van der Waals surface area contributed by atoms with Crippen LogP contribution in [0, 0.1) is 13.8 Å². The molecule has 0 saturated carbocycles. The molecule has 1 fully saturated rings. The van der Waals surface area contributed by atoms with E-state index in [9.17, 15) is 0 Å². The predicted molar refractivity (Wildman–Crippen MR) is 113 cm³/mol. The molecule has 154 valence electrons. The number of rotatable bonds is 6. The second kappa shape index (κ2) is 8.51. The molecular formula is C23H30N4O2. The van der Waals surface area contributed by atoms with Gasteiger partial charge < -0.3 is 8.83 Å². The van der Waals surface area contributed by atoms with E-state index in [1.54, 1.807) is 0 Å². The Morgan fingerprint density at radius 1 is 0.897 bits per heavy atom. The second-order valence-corrected chi connectivity index (χ2v) is 8.28. The van der Waals surface area contributed by atoms with Crippen molar-refractivity contribution >= 4 is 0 Å². The molecule has 1 aliphatic heterocycles. The molecule has 1 saturated heterocycles. The van der Waals surface area contributed by atoms with E-state index in [2.05, 4.69) is 58.1 Å². The number of aryl methyl sites for hydroxylation is 2. The van der Waals surface area contributed by atoms with Crippen LogP contribution in [-0.4, -0.2) is 46.2 Å². The summed E-state index contributed by atoms with van der Waals surface area (Å²) in [6.45, 7) is 14.1. The fraction of sp³-hybridized carbons (Fsp3) is 0.478. The molecular weight excluding hydrogens is 364 g/mol. The van der Waals surface area contributed by atoms with Crippen LogP contribution in [0.3, 0.4) is 0 Å². The molecule has 3 aromatic rings. The summed E-state index contributed by atoms with van der Waals surface area (Å²) < 4.78 is 11.4. The number of hydrogen-bond donors (Lipinski definition) is 0. The molecule has 6 nitrogen and oxygen atoms in total. The van der Waals surface area contributed by atoms with E-state index in [4.69, 9.17) is 8.83 Å². The molecule has 0 N–H and O–H groups in total. The largest absolute Gasteiger partial charge is 0.466 e. The van der Waals surface area contributed by atoms with Crippen LogP contribution in [0.25, 0.3) is 11.5 Å². The predicted octanol–water partition coefficient (Wildman–Crippen LogP) is 4.39. The maximum absolute atomic E-state index is 5.88. The van der Waals surface area contributed by atoms with E-state index in [0.29, 0.717) is 24.2 Å². The minimum Gasteiger partial charge on any atom is -0.466 e. The van der Waals surface area contributed by atoms with Gasteiger partial charge in [-0.2, -0.15) is 0 Å². The molecule has 0 bridgehead atoms. The van der Waals surface area contributed by atoms with E-state index in [0.717, 1.165) is 49.8 Å². The van der Waals surface area contributed by atoms with Gasteiger partial charge in [0.15, 0.2) is 0 Å². The lowest BCUT2D eigenvalue weighted by molar-refractivity contribution is 0.114. The summed E-state index contributed by atoms with van der Waals surface area (Å²) >= 11 is 0. The molecule has 29 heavy (non-hydrogen) atoms. The zero-order valence-corrected chi connectivity index (χ0v) is 17.8. The number of furan rings is 1. The summed E-state index contributed by atoms with van der Waals surface area (Å²) in [5.41, 5.74) is 3.67. The minimum atomic E-state index is 0.540. The van der Waals surface area contributed by atoms with Crippen molar-refractivity contribution in [2.45, 2.75) is 46.7 Å². The van der Waals surface area contributed by atoms with Gasteiger partial charge in [-0.05, 0) is 37.0 Å². The third kappa shape index (κ3) is 4.77. The average Bonchev–Trinajstić information content (AvgIpc) is 3.29. The summed E-state index contributed by atoms with van der Waals surface area (Å²) in [6.07, 6.45) is 0. The third-order valence-electron chi connectivity index (χ3n) is 5.61. The SMILES string of the molecule is Cc1cc(-c2nnc(CN3CCN(Cc4ccc(C(C)C)cc4)CC3)o2)c(C)o1. The molecule has 4 rings (SSSR count). The van der Waals surface area contributed by atoms with Gasteiger partial charge in [-0.1, -0.05) is 38.1 Å². The number of aromatic nitrogens is 2. The van der Waals surface area contributed by atoms with E-state index in [1.165, 1.54) is 11.1 Å². The Balaban J connectivity index is 1.28. The van der Waals surface area contributed by atoms with Crippen LogP contribution in [0.15, 0.2) is 39.2 Å². The van der Waals surface area contributed by atoms with E-state index in [1.807, 2.05) is 19.9 Å². The van der Waals surface area contributed by atoms with Crippen molar-refractivity contribution in [3.63, 3.8) is 0 Å². The first kappa shape index (κ1) is 19.9. The molecule has 0 radical (unpaired) electrons. The lowest BCUT2D eigenvalue weighted by atomic mass is 10.0. The Bertz CT molecular complexity index is 934. The molecule has 1 aliphatic rings. The Labute approximate surface area is 172 Å². The fourth-order valence-corrected chi connectivity index (χ4v) is 3.83. The molecule has 0 spiro atoms. The third-order valence-corrected chi connectivity index (χ3v) is 5.61. The lowest BCUT2D eigenvalue weighted by Gasteiger charge is -2.34. The van der Waals surface area contributed by atoms with E-state index >= 15 is 0 Å². The van der Waals surface area contributed by atoms with Crippen molar-refractivity contribution in [1.29, 1.82) is 0 Å². The highest BCUT2D eigenvalue weighted by Gasteiger charge is 2.20. The summed E-state index contributed by atoms with van der Waals surface area (Å²) in [6, 6.07) is 11.0. The van der Waals surface area contributed by atoms with Gasteiger partial charge in [0.1, 0.15) is 11.5 Å². The highest BCUT2D eigenvalue weighted by atomic mass is 16.4. The van der Waals surface area contributed by atoms with Gasteiger partial charge in [-0.15, -0.1) is 10.2 Å². The molecule has 0 aliphatic carbocycles. The summed E-state index contributed by atoms with van der Waals surface area (Å²) in [5.74, 6) is 3.45. The smallest absolute Gasteiger partial charge is 0.251 e. The minimum absolute atomic E-state index is 0.540. The maximum Gasteiger partial charge on any atom is 0.251 e. The molecule has 3 heterocycles. The highest BCUT2D eigenvalue weighted by Crippen LogP contribution is 2.25. The number of benzene rings is 1. The standard InChI is InChI=1S/C23H30N4O2/c1-16(2)20-7-5-19(6-8-20)14-26-9-11-27(12-10-26)15-22-24-25-23(29-22)21-13-17(3)28-18(21)4/h5-8,13,16H,9-12,14-15H2,1-4H3. The Morgan fingerprint density at radius 2 is 1.55 bits per heavy atom. The van der Waals surface area contributed by atoms with Gasteiger partial charge in [0.05, 0.1) is 12.1 Å². The van der Waals surface area contributed by atoms with Gasteiger partial charge in [0.2, 0.25) is 5.89 Å². The first-order chi connectivity index (χ1) is 14.0. The van der Waals surface area contributed by atoms with Crippen LogP contribution < -0.4 is 0 Å². The molecule has 0 atom stereocenters. The highest BCUT2D eigenvalue weighted by molar-refractivity contribution is 5.55. The Kier molecular flexibility index (Phi) is 5.83. The van der Waals surface area contributed by atoms with Crippen molar-refractivity contribution < 1.29 is 8.83 Å². The van der Waals surface area contributed by atoms with Gasteiger partial charge in [-0.25, -0.2) is 0 Å². The van der Waals surface area contributed by atoms with Crippen LogP contribution in [0.1, 0.15) is 48.3 Å². The molecule has 6 heteroatoms. The molecule has 2 aromatic heterocycles. The Morgan fingerprint density at radius 3 is 2.14 bits per heavy atom. The first-order valence-corrected chi connectivity index (χ1v) is 10.4. The van der Waals surface area contributed by atoms with Crippen LogP contribution in [0.2, 0.25) is 0 Å². The topological polar surface area (TPSA) is 58.5 Å². The lowest BCUT2D eigenvalue weighted by Crippen LogP contribution is -2.45. The van der Waals surface area contributed by atoms with Crippen molar-refractivity contribution in [3.8, 4) is 11.5 Å². The number of hydrogen-bond acceptors (Lipinski definition) is 6. The van der Waals surface area contributed by atoms with Crippen molar-refractivity contribution in [2.24, 2.45) is 0 Å². The van der Waals surface area contributed by atoms with Crippen LogP contribution in [0.4, 0.5) is 0 Å². The fourth-order valence-electron chi connectivity index (χ4n) is 3.83. The zero-order valence-electron chi connectivity index (χ0n) is 17.8. The van der Waals surface area contributed by atoms with E-state index < -0.39 is 0 Å².